The van der Waals surface area contributed by atoms with Gasteiger partial charge in [0.05, 0.1) is 29.5 Å². The molecule has 0 bridgehead atoms. The van der Waals surface area contributed by atoms with Gasteiger partial charge in [-0.05, 0) is 33.6 Å². The van der Waals surface area contributed by atoms with Crippen molar-refractivity contribution in [2.24, 2.45) is 0 Å². The molecule has 21 heavy (non-hydrogen) atoms. The van der Waals surface area contributed by atoms with E-state index in [2.05, 4.69) is 21.0 Å². The summed E-state index contributed by atoms with van der Waals surface area (Å²) in [6.45, 7) is 1.30. The van der Waals surface area contributed by atoms with Crippen LogP contribution >= 0.6 is 15.9 Å². The van der Waals surface area contributed by atoms with Crippen LogP contribution in [0.4, 0.5) is 0 Å². The molecule has 7 heteroatoms. The van der Waals surface area contributed by atoms with Gasteiger partial charge in [0.2, 0.25) is 6.79 Å². The summed E-state index contributed by atoms with van der Waals surface area (Å²) >= 11 is 3.43. The highest BCUT2D eigenvalue weighted by molar-refractivity contribution is 9.10. The van der Waals surface area contributed by atoms with E-state index in [1.165, 1.54) is 0 Å². The zero-order valence-electron chi connectivity index (χ0n) is 11.5. The van der Waals surface area contributed by atoms with Gasteiger partial charge < -0.3 is 19.3 Å². The van der Waals surface area contributed by atoms with Crippen molar-refractivity contribution in [3.8, 4) is 11.5 Å². The molecule has 0 amide bonds. The summed E-state index contributed by atoms with van der Waals surface area (Å²) in [5, 5.41) is 14.9. The molecule has 0 radical (unpaired) electrons. The summed E-state index contributed by atoms with van der Waals surface area (Å²) in [7, 11) is 1.63. The number of aliphatic hydroxyl groups is 1. The van der Waals surface area contributed by atoms with Crippen LogP contribution in [0.2, 0.25) is 0 Å². The van der Waals surface area contributed by atoms with Crippen LogP contribution in [0.3, 0.4) is 0 Å². The van der Waals surface area contributed by atoms with E-state index in [1.54, 1.807) is 30.1 Å². The molecule has 1 aliphatic rings. The molecule has 1 aromatic carbocycles. The van der Waals surface area contributed by atoms with Crippen LogP contribution < -0.4 is 9.47 Å². The first-order valence-electron chi connectivity index (χ1n) is 6.48. The first-order valence-corrected chi connectivity index (χ1v) is 7.27. The fraction of sp³-hybridized carbons (Fsp3) is 0.357. The predicted molar refractivity (Wildman–Crippen MR) is 78.4 cm³/mol. The van der Waals surface area contributed by atoms with E-state index in [4.69, 9.17) is 14.2 Å². The lowest BCUT2D eigenvalue weighted by Crippen LogP contribution is -2.13. The van der Waals surface area contributed by atoms with Crippen molar-refractivity contribution in [1.29, 1.82) is 0 Å². The molecule has 0 spiro atoms. The van der Waals surface area contributed by atoms with E-state index in [0.29, 0.717) is 30.3 Å². The highest BCUT2D eigenvalue weighted by Crippen LogP contribution is 2.36. The van der Waals surface area contributed by atoms with Crippen molar-refractivity contribution in [3.63, 3.8) is 0 Å². The van der Waals surface area contributed by atoms with Crippen LogP contribution in [0, 0.1) is 0 Å². The van der Waals surface area contributed by atoms with Gasteiger partial charge in [-0.2, -0.15) is 5.10 Å². The second-order valence-corrected chi connectivity index (χ2v) is 5.46. The molecule has 6 nitrogen and oxygen atoms in total. The lowest BCUT2D eigenvalue weighted by atomic mass is 10.1. The smallest absolute Gasteiger partial charge is 0.231 e. The third-order valence-electron chi connectivity index (χ3n) is 3.31. The Morgan fingerprint density at radius 2 is 2.24 bits per heavy atom. The molecule has 1 N–H and O–H groups in total. The number of fused-ring (bicyclic) bond motifs is 1. The van der Waals surface area contributed by atoms with Gasteiger partial charge in [0.15, 0.2) is 11.5 Å². The largest absolute Gasteiger partial charge is 0.454 e. The molecule has 1 aliphatic heterocycles. The molecule has 2 aromatic rings. The quantitative estimate of drug-likeness (QED) is 0.890. The van der Waals surface area contributed by atoms with Crippen LogP contribution in [0.25, 0.3) is 0 Å². The second kappa shape index (κ2) is 6.05. The summed E-state index contributed by atoms with van der Waals surface area (Å²) in [5.74, 6) is 1.34. The van der Waals surface area contributed by atoms with E-state index in [9.17, 15) is 5.11 Å². The van der Waals surface area contributed by atoms with Crippen molar-refractivity contribution in [2.75, 3.05) is 20.5 Å². The average Bonchev–Trinajstić information content (AvgIpc) is 3.10. The fourth-order valence-electron chi connectivity index (χ4n) is 2.24. The van der Waals surface area contributed by atoms with Crippen molar-refractivity contribution in [1.82, 2.24) is 9.78 Å². The number of aliphatic hydroxyl groups excluding tert-OH is 1. The molecule has 1 aromatic heterocycles. The van der Waals surface area contributed by atoms with Gasteiger partial charge >= 0.3 is 0 Å². The number of halogens is 1. The Labute approximate surface area is 130 Å². The maximum atomic E-state index is 10.6. The lowest BCUT2D eigenvalue weighted by Gasteiger charge is -2.15. The molecule has 0 fully saturated rings. The minimum Gasteiger partial charge on any atom is -0.454 e. The minimum absolute atomic E-state index is 0.213. The van der Waals surface area contributed by atoms with Crippen molar-refractivity contribution in [2.45, 2.75) is 12.6 Å². The third kappa shape index (κ3) is 2.76. The Hall–Kier alpha value is -1.57. The molecular weight excluding hydrogens is 340 g/mol. The number of nitrogens with zero attached hydrogens (tertiary/aromatic N) is 2. The zero-order valence-corrected chi connectivity index (χ0v) is 13.0. The van der Waals surface area contributed by atoms with E-state index in [-0.39, 0.29) is 6.79 Å². The number of ether oxygens (including phenoxy) is 3. The van der Waals surface area contributed by atoms with Crippen molar-refractivity contribution < 1.29 is 19.3 Å². The van der Waals surface area contributed by atoms with Gasteiger partial charge in [-0.25, -0.2) is 0 Å². The standard InChI is InChI=1S/C14H15BrN2O4/c1-19-5-4-17-13(10(15)7-16-17)14(18)9-2-3-11-12(6-9)21-8-20-11/h2-3,6-7,14,18H,4-5,8H2,1H3. The lowest BCUT2D eigenvalue weighted by molar-refractivity contribution is 0.170. The maximum absolute atomic E-state index is 10.6. The Balaban J connectivity index is 1.91. The van der Waals surface area contributed by atoms with Crippen LogP contribution in [0.1, 0.15) is 17.4 Å². The maximum Gasteiger partial charge on any atom is 0.231 e. The molecule has 1 atom stereocenters. The number of hydrogen-bond donors (Lipinski definition) is 1. The first-order chi connectivity index (χ1) is 10.2. The molecule has 1 unspecified atom stereocenters. The number of methoxy groups -OCH3 is 1. The van der Waals surface area contributed by atoms with Gasteiger partial charge in [0.25, 0.3) is 0 Å². The average molecular weight is 355 g/mol. The van der Waals surface area contributed by atoms with E-state index >= 15 is 0 Å². The molecule has 112 valence electrons. The van der Waals surface area contributed by atoms with Gasteiger partial charge in [0.1, 0.15) is 6.10 Å². The van der Waals surface area contributed by atoms with E-state index in [1.807, 2.05) is 6.07 Å². The fourth-order valence-corrected chi connectivity index (χ4v) is 2.75. The van der Waals surface area contributed by atoms with Crippen LogP contribution in [0.5, 0.6) is 11.5 Å². The van der Waals surface area contributed by atoms with Gasteiger partial charge in [-0.15, -0.1) is 0 Å². The number of hydrogen-bond acceptors (Lipinski definition) is 5. The molecule has 0 saturated carbocycles. The Kier molecular flexibility index (Phi) is 4.14. The summed E-state index contributed by atoms with van der Waals surface area (Å²) in [6, 6.07) is 5.40. The van der Waals surface area contributed by atoms with Gasteiger partial charge in [0, 0.05) is 7.11 Å². The predicted octanol–water partition coefficient (Wildman–Crippen LogP) is 2.10. The van der Waals surface area contributed by atoms with E-state index in [0.717, 1.165) is 10.0 Å². The summed E-state index contributed by atoms with van der Waals surface area (Å²) in [6.07, 6.45) is 0.856. The van der Waals surface area contributed by atoms with Gasteiger partial charge in [-0.3, -0.25) is 4.68 Å². The first kappa shape index (κ1) is 14.4. The summed E-state index contributed by atoms with van der Waals surface area (Å²) < 4.78 is 18.2. The number of aromatic nitrogens is 2. The van der Waals surface area contributed by atoms with E-state index < -0.39 is 6.10 Å². The summed E-state index contributed by atoms with van der Waals surface area (Å²) in [5.41, 5.74) is 1.41. The van der Waals surface area contributed by atoms with Crippen LogP contribution in [-0.2, 0) is 11.3 Å². The number of benzene rings is 1. The third-order valence-corrected chi connectivity index (χ3v) is 3.92. The van der Waals surface area contributed by atoms with Crippen LogP contribution in [0.15, 0.2) is 28.9 Å². The van der Waals surface area contributed by atoms with Gasteiger partial charge in [-0.1, -0.05) is 6.07 Å². The Morgan fingerprint density at radius 1 is 1.43 bits per heavy atom. The Morgan fingerprint density at radius 3 is 3.05 bits per heavy atom. The number of rotatable bonds is 5. The monoisotopic (exact) mass is 354 g/mol. The summed E-state index contributed by atoms with van der Waals surface area (Å²) in [4.78, 5) is 0. The molecule has 2 heterocycles. The topological polar surface area (TPSA) is 65.7 Å². The second-order valence-electron chi connectivity index (χ2n) is 4.61. The zero-order chi connectivity index (χ0) is 14.8. The normalized spacial score (nSPS) is 14.4. The highest BCUT2D eigenvalue weighted by atomic mass is 79.9. The van der Waals surface area contributed by atoms with Crippen molar-refractivity contribution >= 4 is 15.9 Å². The van der Waals surface area contributed by atoms with Crippen molar-refractivity contribution in [3.05, 3.63) is 40.1 Å². The molecule has 0 aliphatic carbocycles. The van der Waals surface area contributed by atoms with Crippen LogP contribution in [-0.4, -0.2) is 35.4 Å². The SMILES string of the molecule is COCCn1ncc(Br)c1C(O)c1ccc2c(c1)OCO2. The molecule has 0 saturated heterocycles. The Bertz CT molecular complexity index is 644. The molecular formula is C14H15BrN2O4. The molecule has 3 rings (SSSR count). The minimum atomic E-state index is -0.812. The highest BCUT2D eigenvalue weighted by Gasteiger charge is 2.22.